The number of H-pyrrole nitrogens is 1. The normalized spacial score (nSPS) is 12.1. The molecule has 2 aromatic carbocycles. The zero-order chi connectivity index (χ0) is 25.7. The number of ether oxygens (including phenoxy) is 2. The molecule has 0 saturated heterocycles. The average Bonchev–Trinajstić information content (AvgIpc) is 3.32. The third-order valence-electron chi connectivity index (χ3n) is 5.62. The number of fused-ring (bicyclic) bond motifs is 1. The largest absolute Gasteiger partial charge is 0.493 e. The van der Waals surface area contributed by atoms with Gasteiger partial charge in [0.25, 0.3) is 5.56 Å². The molecule has 3 aromatic rings. The predicted molar refractivity (Wildman–Crippen MR) is 137 cm³/mol. The van der Waals surface area contributed by atoms with E-state index < -0.39 is 5.97 Å². The van der Waals surface area contributed by atoms with Gasteiger partial charge in [0, 0.05) is 13.0 Å². The number of carboxylic acid groups (broad SMARTS) is 1. The van der Waals surface area contributed by atoms with Crippen LogP contribution in [0.4, 0.5) is 11.5 Å². The van der Waals surface area contributed by atoms with Gasteiger partial charge < -0.3 is 24.5 Å². The number of aromatic nitrogens is 2. The molecule has 0 radical (unpaired) electrons. The summed E-state index contributed by atoms with van der Waals surface area (Å²) in [6.45, 7) is 3.56. The van der Waals surface area contributed by atoms with Gasteiger partial charge in [-0.25, -0.2) is 4.98 Å². The van der Waals surface area contributed by atoms with Gasteiger partial charge in [0.15, 0.2) is 11.5 Å². The Hall–Kier alpha value is -4.09. The quantitative estimate of drug-likeness (QED) is 0.270. The molecule has 11 heteroatoms. The molecule has 0 aliphatic carbocycles. The van der Waals surface area contributed by atoms with Crippen molar-refractivity contribution < 1.29 is 19.4 Å². The number of benzene rings is 2. The smallest absolute Gasteiger partial charge is 0.303 e. The fourth-order valence-corrected chi connectivity index (χ4v) is 3.81. The number of nitrogens with one attached hydrogen (secondary N) is 4. The molecule has 0 amide bonds. The summed E-state index contributed by atoms with van der Waals surface area (Å²) >= 11 is 0. The summed E-state index contributed by atoms with van der Waals surface area (Å²) in [4.78, 5) is 32.9. The molecule has 1 aliphatic heterocycles. The third-order valence-corrected chi connectivity index (χ3v) is 5.62. The number of aromatic amines is 1. The first-order chi connectivity index (χ1) is 17.4. The zero-order valence-corrected chi connectivity index (χ0v) is 20.5. The molecule has 0 unspecified atom stereocenters. The second-order valence-electron chi connectivity index (χ2n) is 8.53. The number of hydrogen-bond acceptors (Lipinski definition) is 9. The van der Waals surface area contributed by atoms with Crippen LogP contribution in [0.3, 0.4) is 0 Å². The fraction of sp³-hybridized carbons (Fsp3) is 0.320. The minimum absolute atomic E-state index is 0.00569. The Kier molecular flexibility index (Phi) is 7.71. The predicted octanol–water partition coefficient (Wildman–Crippen LogP) is 2.72. The molecule has 1 aromatic heterocycles. The van der Waals surface area contributed by atoms with Crippen LogP contribution in [-0.4, -0.2) is 59.8 Å². The first-order valence-electron chi connectivity index (χ1n) is 11.7. The molecule has 5 N–H and O–H groups in total. The molecule has 11 nitrogen and oxygen atoms in total. The zero-order valence-electron chi connectivity index (χ0n) is 20.5. The van der Waals surface area contributed by atoms with Crippen LogP contribution in [0.15, 0.2) is 41.2 Å². The van der Waals surface area contributed by atoms with Crippen molar-refractivity contribution in [3.8, 4) is 34.0 Å². The van der Waals surface area contributed by atoms with Crippen LogP contribution in [0.5, 0.6) is 11.5 Å². The van der Waals surface area contributed by atoms with Gasteiger partial charge >= 0.3 is 5.97 Å². The SMILES string of the molecule is CCOc1cc(-c2ccc(OCCN(C)C)c(CCC(=O)O)c2)ccc1-c1nc2c(c(=O)[nH]1)NNN2. The number of hydrogen-bond donors (Lipinski definition) is 5. The summed E-state index contributed by atoms with van der Waals surface area (Å²) in [5, 5.41) is 9.21. The van der Waals surface area contributed by atoms with Crippen molar-refractivity contribution in [2.24, 2.45) is 0 Å². The Bertz CT molecular complexity index is 1310. The number of anilines is 2. The van der Waals surface area contributed by atoms with Crippen LogP contribution < -0.4 is 31.4 Å². The molecule has 0 saturated carbocycles. The monoisotopic (exact) mass is 494 g/mol. The van der Waals surface area contributed by atoms with Gasteiger partial charge in [-0.15, -0.1) is 5.53 Å². The topological polar surface area (TPSA) is 141 Å². The second-order valence-corrected chi connectivity index (χ2v) is 8.53. The van der Waals surface area contributed by atoms with Crippen LogP contribution in [0.2, 0.25) is 0 Å². The minimum Gasteiger partial charge on any atom is -0.493 e. The number of aliphatic carboxylic acids is 1. The number of aryl methyl sites for hydroxylation is 1. The summed E-state index contributed by atoms with van der Waals surface area (Å²) in [6, 6.07) is 11.4. The van der Waals surface area contributed by atoms with E-state index in [2.05, 4.69) is 26.4 Å². The number of likely N-dealkylation sites (N-methyl/N-ethyl adjacent to an activating group) is 1. The van der Waals surface area contributed by atoms with Crippen molar-refractivity contribution in [3.05, 3.63) is 52.3 Å². The Balaban J connectivity index is 1.68. The lowest BCUT2D eigenvalue weighted by Crippen LogP contribution is -2.21. The molecule has 2 heterocycles. The van der Waals surface area contributed by atoms with Crippen molar-refractivity contribution in [3.63, 3.8) is 0 Å². The second kappa shape index (κ2) is 11.1. The van der Waals surface area contributed by atoms with E-state index in [0.29, 0.717) is 54.0 Å². The molecule has 0 bridgehead atoms. The lowest BCUT2D eigenvalue weighted by molar-refractivity contribution is -0.136. The van der Waals surface area contributed by atoms with Crippen molar-refractivity contribution in [2.45, 2.75) is 19.8 Å². The molecule has 0 spiro atoms. The average molecular weight is 495 g/mol. The highest BCUT2D eigenvalue weighted by atomic mass is 16.5. The van der Waals surface area contributed by atoms with E-state index in [-0.39, 0.29) is 12.0 Å². The van der Waals surface area contributed by atoms with Gasteiger partial charge in [-0.3, -0.25) is 20.4 Å². The Morgan fingerprint density at radius 1 is 1.06 bits per heavy atom. The summed E-state index contributed by atoms with van der Waals surface area (Å²) in [5.41, 5.74) is 11.4. The van der Waals surface area contributed by atoms with Gasteiger partial charge in [-0.05, 0) is 68.4 Å². The van der Waals surface area contributed by atoms with Crippen molar-refractivity contribution in [1.29, 1.82) is 0 Å². The number of carbonyl (C=O) groups is 1. The molecule has 4 rings (SSSR count). The van der Waals surface area contributed by atoms with E-state index in [1.54, 1.807) is 0 Å². The van der Waals surface area contributed by atoms with E-state index in [4.69, 9.17) is 9.47 Å². The highest BCUT2D eigenvalue weighted by Crippen LogP contribution is 2.35. The van der Waals surface area contributed by atoms with Crippen molar-refractivity contribution in [1.82, 2.24) is 20.4 Å². The maximum absolute atomic E-state index is 12.4. The van der Waals surface area contributed by atoms with E-state index in [9.17, 15) is 14.7 Å². The lowest BCUT2D eigenvalue weighted by atomic mass is 9.98. The molecule has 190 valence electrons. The summed E-state index contributed by atoms with van der Waals surface area (Å²) in [6.07, 6.45) is 0.359. The molecule has 1 aliphatic rings. The Morgan fingerprint density at radius 2 is 1.83 bits per heavy atom. The van der Waals surface area contributed by atoms with Crippen LogP contribution in [0, 0.1) is 0 Å². The van der Waals surface area contributed by atoms with Crippen molar-refractivity contribution in [2.75, 3.05) is 44.7 Å². The lowest BCUT2D eigenvalue weighted by Gasteiger charge is -2.16. The molecule has 36 heavy (non-hydrogen) atoms. The van der Waals surface area contributed by atoms with E-state index >= 15 is 0 Å². The van der Waals surface area contributed by atoms with Crippen LogP contribution >= 0.6 is 0 Å². The Labute approximate surface area is 208 Å². The number of rotatable bonds is 11. The van der Waals surface area contributed by atoms with Crippen LogP contribution in [0.25, 0.3) is 22.5 Å². The molecular formula is C25H30N6O5. The highest BCUT2D eigenvalue weighted by Gasteiger charge is 2.19. The molecule has 0 fully saturated rings. The maximum Gasteiger partial charge on any atom is 0.303 e. The van der Waals surface area contributed by atoms with Crippen LogP contribution in [-0.2, 0) is 11.2 Å². The number of hydrazine groups is 2. The van der Waals surface area contributed by atoms with Gasteiger partial charge in [-0.2, -0.15) is 0 Å². The minimum atomic E-state index is -0.863. The fourth-order valence-electron chi connectivity index (χ4n) is 3.81. The van der Waals surface area contributed by atoms with Gasteiger partial charge in [-0.1, -0.05) is 12.1 Å². The van der Waals surface area contributed by atoms with E-state index in [0.717, 1.165) is 23.2 Å². The van der Waals surface area contributed by atoms with Gasteiger partial charge in [0.2, 0.25) is 0 Å². The van der Waals surface area contributed by atoms with Gasteiger partial charge in [0.1, 0.15) is 23.9 Å². The first-order valence-corrected chi connectivity index (χ1v) is 11.7. The summed E-state index contributed by atoms with van der Waals surface area (Å²) in [7, 11) is 3.94. The molecule has 0 atom stereocenters. The standard InChI is InChI=1S/C25H30N6O5/c1-4-35-20-14-16(5-8-18(20)23-26-24-22(25(34)27-23)28-30-29-24)15-6-9-19(36-12-11-31(2)3)17(13-15)7-10-21(32)33/h5-6,8-9,13-14,28,30H,4,7,10-12H2,1-3H3,(H,32,33)(H2,26,27,29,34). The third kappa shape index (κ3) is 5.75. The summed E-state index contributed by atoms with van der Waals surface area (Å²) < 4.78 is 11.8. The van der Waals surface area contributed by atoms with E-state index in [1.165, 1.54) is 0 Å². The number of nitrogens with zero attached hydrogens (tertiary/aromatic N) is 2. The highest BCUT2D eigenvalue weighted by molar-refractivity contribution is 5.76. The van der Waals surface area contributed by atoms with Crippen LogP contribution in [0.1, 0.15) is 18.9 Å². The first kappa shape index (κ1) is 25.0. The van der Waals surface area contributed by atoms with Crippen molar-refractivity contribution >= 4 is 17.5 Å². The number of carboxylic acids is 1. The van der Waals surface area contributed by atoms with E-state index in [1.807, 2.05) is 62.3 Å². The summed E-state index contributed by atoms with van der Waals surface area (Å²) in [5.74, 6) is 1.15. The van der Waals surface area contributed by atoms with Gasteiger partial charge in [0.05, 0.1) is 12.2 Å². The maximum atomic E-state index is 12.4. The Morgan fingerprint density at radius 3 is 2.58 bits per heavy atom. The molecular weight excluding hydrogens is 464 g/mol.